The van der Waals surface area contributed by atoms with Crippen LogP contribution in [0.4, 0.5) is 5.69 Å². The number of benzene rings is 1. The third kappa shape index (κ3) is 4.73. The van der Waals surface area contributed by atoms with Crippen LogP contribution in [-0.4, -0.2) is 19.7 Å². The summed E-state index contributed by atoms with van der Waals surface area (Å²) < 4.78 is 3.54. The van der Waals surface area contributed by atoms with E-state index in [0.29, 0.717) is 11.4 Å². The third-order valence-electron chi connectivity index (χ3n) is 2.52. The summed E-state index contributed by atoms with van der Waals surface area (Å²) in [6, 6.07) is 8.67. The number of halogens is 3. The van der Waals surface area contributed by atoms with Crippen LogP contribution in [-0.2, 0) is 4.79 Å². The lowest BCUT2D eigenvalue weighted by Gasteiger charge is -2.12. The number of ether oxygens (including phenoxy) is 1. The van der Waals surface area contributed by atoms with Gasteiger partial charge in [0.05, 0.1) is 0 Å². The fourth-order valence-electron chi connectivity index (χ4n) is 1.68. The molecule has 0 fully saturated rings. The predicted molar refractivity (Wildman–Crippen MR) is 86.9 cm³/mol. The maximum absolute atomic E-state index is 11.6. The highest BCUT2D eigenvalue weighted by Gasteiger charge is 2.30. The number of rotatable bonds is 3. The number of carbonyl (C=O) groups is 1. The summed E-state index contributed by atoms with van der Waals surface area (Å²) in [4.78, 5) is 20.0. The van der Waals surface area contributed by atoms with Gasteiger partial charge in [-0.3, -0.25) is 4.79 Å². The summed E-state index contributed by atoms with van der Waals surface area (Å²) in [6.07, 6.45) is 0. The van der Waals surface area contributed by atoms with Crippen LogP contribution in [0.15, 0.2) is 30.3 Å². The number of amides is 1. The molecule has 8 heteroatoms. The fraction of sp³-hybridized carbons (Fsp3) is 0.214. The molecule has 2 aromatic rings. The van der Waals surface area contributed by atoms with Crippen LogP contribution in [0.1, 0.15) is 11.4 Å². The van der Waals surface area contributed by atoms with Gasteiger partial charge in [-0.2, -0.15) is 0 Å². The van der Waals surface area contributed by atoms with Crippen LogP contribution >= 0.6 is 34.8 Å². The van der Waals surface area contributed by atoms with E-state index in [-0.39, 0.29) is 6.01 Å². The molecule has 2 rings (SSSR count). The zero-order valence-electron chi connectivity index (χ0n) is 11.7. The Balaban J connectivity index is 2.16. The minimum atomic E-state index is -2.03. The molecule has 5 nitrogen and oxygen atoms in total. The van der Waals surface area contributed by atoms with Crippen LogP contribution in [0.5, 0.6) is 11.8 Å². The number of nitrogens with one attached hydrogen (secondary N) is 1. The van der Waals surface area contributed by atoms with Crippen LogP contribution in [0.2, 0.25) is 0 Å². The Hall–Kier alpha value is -1.56. The summed E-state index contributed by atoms with van der Waals surface area (Å²) in [5, 5.41) is 2.48. The lowest BCUT2D eigenvalue weighted by molar-refractivity contribution is -0.115. The molecule has 1 aromatic carbocycles. The topological polar surface area (TPSA) is 64.1 Å². The van der Waals surface area contributed by atoms with Gasteiger partial charge in [0, 0.05) is 23.1 Å². The van der Waals surface area contributed by atoms with E-state index in [2.05, 4.69) is 15.3 Å². The monoisotopic (exact) mass is 359 g/mol. The Bertz CT molecular complexity index is 682. The summed E-state index contributed by atoms with van der Waals surface area (Å²) in [6.45, 7) is 3.69. The third-order valence-corrected chi connectivity index (χ3v) is 3.04. The lowest BCUT2D eigenvalue weighted by atomic mass is 10.3. The highest BCUT2D eigenvalue weighted by atomic mass is 35.6. The number of carbonyl (C=O) groups excluding carboxylic acids is 1. The molecule has 1 heterocycles. The van der Waals surface area contributed by atoms with Crippen LogP contribution in [0, 0.1) is 13.8 Å². The summed E-state index contributed by atoms with van der Waals surface area (Å²) >= 11 is 16.5. The van der Waals surface area contributed by atoms with E-state index in [1.165, 1.54) is 0 Å². The van der Waals surface area contributed by atoms with E-state index in [1.54, 1.807) is 24.3 Å². The molecule has 0 aliphatic carbocycles. The Labute approximate surface area is 142 Å². The molecule has 0 aliphatic heterocycles. The van der Waals surface area contributed by atoms with Gasteiger partial charge < -0.3 is 10.1 Å². The first-order valence-corrected chi connectivity index (χ1v) is 7.36. The zero-order chi connectivity index (χ0) is 16.3. The second-order valence-corrected chi connectivity index (χ2v) is 6.80. The molecule has 1 N–H and O–H groups in total. The van der Waals surface area contributed by atoms with E-state index in [0.717, 1.165) is 11.4 Å². The Kier molecular flexibility index (Phi) is 5.11. The highest BCUT2D eigenvalue weighted by molar-refractivity contribution is 6.76. The number of alkyl halides is 3. The van der Waals surface area contributed by atoms with Crippen molar-refractivity contribution in [1.29, 1.82) is 0 Å². The van der Waals surface area contributed by atoms with E-state index < -0.39 is 9.70 Å². The average Bonchev–Trinajstić information content (AvgIpc) is 2.36. The molecule has 0 saturated carbocycles. The normalized spacial score (nSPS) is 11.1. The number of aromatic nitrogens is 2. The molecule has 0 saturated heterocycles. The number of hydrogen-bond acceptors (Lipinski definition) is 4. The number of anilines is 1. The van der Waals surface area contributed by atoms with E-state index in [1.807, 2.05) is 19.9 Å². The molecule has 0 aliphatic rings. The van der Waals surface area contributed by atoms with Gasteiger partial charge in [-0.25, -0.2) is 9.97 Å². The molecule has 0 spiro atoms. The van der Waals surface area contributed by atoms with Gasteiger partial charge in [0.15, 0.2) is 0 Å². The van der Waals surface area contributed by atoms with Gasteiger partial charge in [0.2, 0.25) is 0 Å². The average molecular weight is 361 g/mol. The zero-order valence-corrected chi connectivity index (χ0v) is 14.0. The van der Waals surface area contributed by atoms with Crippen molar-refractivity contribution in [2.45, 2.75) is 17.6 Å². The molecule has 1 aromatic heterocycles. The van der Waals surface area contributed by atoms with Gasteiger partial charge in [-0.15, -0.1) is 0 Å². The number of nitrogens with zero attached hydrogens (tertiary/aromatic N) is 2. The van der Waals surface area contributed by atoms with Crippen molar-refractivity contribution in [1.82, 2.24) is 9.97 Å². The van der Waals surface area contributed by atoms with Crippen LogP contribution in [0.3, 0.4) is 0 Å². The quantitative estimate of drug-likeness (QED) is 0.833. The van der Waals surface area contributed by atoms with Crippen molar-refractivity contribution in [2.75, 3.05) is 5.32 Å². The predicted octanol–water partition coefficient (Wildman–Crippen LogP) is 4.19. The Morgan fingerprint density at radius 2 is 1.77 bits per heavy atom. The van der Waals surface area contributed by atoms with Gasteiger partial charge in [0.1, 0.15) is 5.75 Å². The largest absolute Gasteiger partial charge is 0.424 e. The van der Waals surface area contributed by atoms with E-state index in [4.69, 9.17) is 39.5 Å². The van der Waals surface area contributed by atoms with Crippen LogP contribution in [0.25, 0.3) is 0 Å². The molecular formula is C14H12Cl3N3O2. The van der Waals surface area contributed by atoms with Crippen molar-refractivity contribution in [3.05, 3.63) is 41.7 Å². The second-order valence-electron chi connectivity index (χ2n) is 4.52. The first kappa shape index (κ1) is 16.8. The van der Waals surface area contributed by atoms with Crippen molar-refractivity contribution >= 4 is 46.4 Å². The molecule has 22 heavy (non-hydrogen) atoms. The SMILES string of the molecule is Cc1cc(C)nc(Oc2cccc(NC(=O)C(Cl)(Cl)Cl)c2)n1. The standard InChI is InChI=1S/C14H12Cl3N3O2/c1-8-6-9(2)19-13(18-8)22-11-5-3-4-10(7-11)20-12(21)14(15,16)17/h3-7H,1-2H3,(H,20,21). The van der Waals surface area contributed by atoms with E-state index in [9.17, 15) is 4.79 Å². The number of hydrogen-bond donors (Lipinski definition) is 1. The summed E-state index contributed by atoms with van der Waals surface area (Å²) in [5.74, 6) is -0.301. The molecular weight excluding hydrogens is 349 g/mol. The molecule has 0 atom stereocenters. The Morgan fingerprint density at radius 3 is 2.36 bits per heavy atom. The molecule has 0 bridgehead atoms. The number of aryl methyl sites for hydroxylation is 2. The summed E-state index contributed by atoms with van der Waals surface area (Å²) in [5.41, 5.74) is 2.02. The minimum absolute atomic E-state index is 0.224. The maximum atomic E-state index is 11.6. The van der Waals surface area contributed by atoms with Gasteiger partial charge in [-0.1, -0.05) is 40.9 Å². The minimum Gasteiger partial charge on any atom is -0.424 e. The maximum Gasteiger partial charge on any atom is 0.322 e. The first-order valence-electron chi connectivity index (χ1n) is 6.22. The molecule has 116 valence electrons. The van der Waals surface area contributed by atoms with Crippen molar-refractivity contribution in [3.63, 3.8) is 0 Å². The van der Waals surface area contributed by atoms with Crippen molar-refractivity contribution < 1.29 is 9.53 Å². The fourth-order valence-corrected chi connectivity index (χ4v) is 1.83. The van der Waals surface area contributed by atoms with Gasteiger partial charge in [0.25, 0.3) is 9.70 Å². The van der Waals surface area contributed by atoms with Crippen LogP contribution < -0.4 is 10.1 Å². The Morgan fingerprint density at radius 1 is 1.14 bits per heavy atom. The molecule has 0 radical (unpaired) electrons. The smallest absolute Gasteiger partial charge is 0.322 e. The van der Waals surface area contributed by atoms with Gasteiger partial charge >= 0.3 is 6.01 Å². The van der Waals surface area contributed by atoms with Gasteiger partial charge in [-0.05, 0) is 32.0 Å². The van der Waals surface area contributed by atoms with Crippen molar-refractivity contribution in [2.24, 2.45) is 0 Å². The van der Waals surface area contributed by atoms with E-state index >= 15 is 0 Å². The summed E-state index contributed by atoms with van der Waals surface area (Å²) in [7, 11) is 0. The lowest BCUT2D eigenvalue weighted by Crippen LogP contribution is -2.26. The second kappa shape index (κ2) is 6.69. The molecule has 0 unspecified atom stereocenters. The highest BCUT2D eigenvalue weighted by Crippen LogP contribution is 2.29. The van der Waals surface area contributed by atoms with Crippen molar-refractivity contribution in [3.8, 4) is 11.8 Å². The first-order chi connectivity index (χ1) is 10.2. The molecule has 1 amide bonds.